The first-order valence-electron chi connectivity index (χ1n) is 4.50. The second-order valence-electron chi connectivity index (χ2n) is 3.08. The van der Waals surface area contributed by atoms with Gasteiger partial charge in [-0.2, -0.15) is 17.6 Å². The van der Waals surface area contributed by atoms with Crippen molar-refractivity contribution < 1.29 is 27.4 Å². The maximum absolute atomic E-state index is 12.5. The van der Waals surface area contributed by atoms with Gasteiger partial charge in [-0.05, 0) is 24.1 Å². The van der Waals surface area contributed by atoms with Gasteiger partial charge >= 0.3 is 12.5 Å². The zero-order valence-corrected chi connectivity index (χ0v) is 8.17. The highest BCUT2D eigenvalue weighted by Gasteiger charge is 2.43. The van der Waals surface area contributed by atoms with Crippen LogP contribution in [0.5, 0.6) is 5.75 Å². The van der Waals surface area contributed by atoms with Crippen molar-refractivity contribution >= 4 is 0 Å². The average molecular weight is 238 g/mol. The van der Waals surface area contributed by atoms with Crippen molar-refractivity contribution in [1.29, 1.82) is 0 Å². The summed E-state index contributed by atoms with van der Waals surface area (Å²) in [7, 11) is 0. The molecule has 0 unspecified atom stereocenters. The molecule has 0 spiro atoms. The molecule has 90 valence electrons. The number of aliphatic hydroxyl groups is 1. The number of rotatable bonds is 5. The molecule has 16 heavy (non-hydrogen) atoms. The predicted octanol–water partition coefficient (Wildman–Crippen LogP) is 2.46. The molecule has 0 saturated carbocycles. The second-order valence-corrected chi connectivity index (χ2v) is 3.08. The van der Waals surface area contributed by atoms with Crippen molar-refractivity contribution in [2.45, 2.75) is 19.0 Å². The molecule has 1 N–H and O–H groups in total. The zero-order chi connectivity index (χ0) is 12.2. The summed E-state index contributed by atoms with van der Waals surface area (Å²) in [5.74, 6) is -0.341. The largest absolute Gasteiger partial charge is 0.461 e. The van der Waals surface area contributed by atoms with Crippen LogP contribution in [0.3, 0.4) is 0 Å². The van der Waals surface area contributed by atoms with Gasteiger partial charge in [-0.25, -0.2) is 0 Å². The van der Waals surface area contributed by atoms with Crippen LogP contribution in [0.25, 0.3) is 0 Å². The quantitative estimate of drug-likeness (QED) is 0.798. The lowest BCUT2D eigenvalue weighted by Gasteiger charge is -2.16. The Morgan fingerprint density at radius 3 is 2.19 bits per heavy atom. The fourth-order valence-corrected chi connectivity index (χ4v) is 1.05. The van der Waals surface area contributed by atoms with Gasteiger partial charge in [0.25, 0.3) is 0 Å². The summed E-state index contributed by atoms with van der Waals surface area (Å²) in [6.07, 6.45) is -7.99. The Labute approximate surface area is 89.5 Å². The Morgan fingerprint density at radius 1 is 1.19 bits per heavy atom. The molecule has 6 heteroatoms. The molecule has 0 aliphatic rings. The van der Waals surface area contributed by atoms with E-state index in [1.54, 1.807) is 0 Å². The second kappa shape index (κ2) is 5.16. The van der Waals surface area contributed by atoms with E-state index in [1.165, 1.54) is 12.1 Å². The Balaban J connectivity index is 2.68. The molecule has 0 aromatic heterocycles. The first kappa shape index (κ1) is 12.8. The van der Waals surface area contributed by atoms with Gasteiger partial charge in [0.15, 0.2) is 0 Å². The van der Waals surface area contributed by atoms with Gasteiger partial charge in [0.05, 0.1) is 0 Å². The van der Waals surface area contributed by atoms with E-state index in [-0.39, 0.29) is 12.4 Å². The first-order valence-corrected chi connectivity index (χ1v) is 4.50. The number of benzene rings is 1. The van der Waals surface area contributed by atoms with Crippen molar-refractivity contribution in [3.8, 4) is 5.75 Å². The lowest BCUT2D eigenvalue weighted by Crippen LogP contribution is -2.33. The van der Waals surface area contributed by atoms with E-state index in [2.05, 4.69) is 4.74 Å². The summed E-state index contributed by atoms with van der Waals surface area (Å²) >= 11 is 0. The van der Waals surface area contributed by atoms with Crippen LogP contribution < -0.4 is 4.74 Å². The fourth-order valence-electron chi connectivity index (χ4n) is 1.05. The van der Waals surface area contributed by atoms with Crippen molar-refractivity contribution in [3.05, 3.63) is 29.8 Å². The van der Waals surface area contributed by atoms with Crippen LogP contribution in [0.1, 0.15) is 5.56 Å². The van der Waals surface area contributed by atoms with Crippen LogP contribution in [0, 0.1) is 0 Å². The van der Waals surface area contributed by atoms with Gasteiger partial charge in [0.2, 0.25) is 0 Å². The number of halogens is 4. The fraction of sp³-hybridized carbons (Fsp3) is 0.400. The molecule has 0 radical (unpaired) electrons. The van der Waals surface area contributed by atoms with Crippen molar-refractivity contribution in [2.24, 2.45) is 0 Å². The van der Waals surface area contributed by atoms with E-state index < -0.39 is 12.5 Å². The van der Waals surface area contributed by atoms with Gasteiger partial charge in [-0.15, -0.1) is 0 Å². The maximum Gasteiger partial charge on any atom is 0.461 e. The minimum atomic E-state index is -4.49. The summed E-state index contributed by atoms with van der Waals surface area (Å²) in [5.41, 5.74) is 0.704. The Kier molecular flexibility index (Phi) is 4.12. The summed E-state index contributed by atoms with van der Waals surface area (Å²) in [6.45, 7) is -0.0760. The van der Waals surface area contributed by atoms with Crippen LogP contribution in [-0.4, -0.2) is 24.2 Å². The van der Waals surface area contributed by atoms with Gasteiger partial charge in [-0.3, -0.25) is 0 Å². The van der Waals surface area contributed by atoms with Crippen molar-refractivity contribution in [2.75, 3.05) is 6.61 Å². The summed E-state index contributed by atoms with van der Waals surface area (Å²) in [4.78, 5) is 0. The van der Waals surface area contributed by atoms with Crippen LogP contribution >= 0.6 is 0 Å². The monoisotopic (exact) mass is 238 g/mol. The third-order valence-corrected chi connectivity index (χ3v) is 1.83. The Hall–Kier alpha value is -1.30. The molecule has 2 nitrogen and oxygen atoms in total. The van der Waals surface area contributed by atoms with E-state index in [9.17, 15) is 17.6 Å². The van der Waals surface area contributed by atoms with Gasteiger partial charge in [0, 0.05) is 6.61 Å². The SMILES string of the molecule is OCCc1ccc(OC(F)(F)C(F)F)cc1. The Morgan fingerprint density at radius 2 is 1.75 bits per heavy atom. The highest BCUT2D eigenvalue weighted by molar-refractivity contribution is 5.27. The number of hydrogen-bond donors (Lipinski definition) is 1. The number of aliphatic hydroxyl groups excluding tert-OH is 1. The number of ether oxygens (including phenoxy) is 1. The molecule has 1 aromatic carbocycles. The minimum Gasteiger partial charge on any atom is -0.428 e. The molecule has 0 heterocycles. The first-order chi connectivity index (χ1) is 7.45. The number of hydrogen-bond acceptors (Lipinski definition) is 2. The molecular weight excluding hydrogens is 228 g/mol. The van der Waals surface area contributed by atoms with Crippen LogP contribution in [0.15, 0.2) is 24.3 Å². The van der Waals surface area contributed by atoms with Gasteiger partial charge in [0.1, 0.15) is 5.75 Å². The molecular formula is C10H10F4O2. The summed E-state index contributed by atoms with van der Waals surface area (Å²) in [5, 5.41) is 8.60. The lowest BCUT2D eigenvalue weighted by molar-refractivity contribution is -0.253. The molecule has 0 saturated heterocycles. The van der Waals surface area contributed by atoms with Gasteiger partial charge < -0.3 is 9.84 Å². The maximum atomic E-state index is 12.5. The van der Waals surface area contributed by atoms with Crippen LogP contribution in [-0.2, 0) is 6.42 Å². The molecule has 1 rings (SSSR count). The lowest BCUT2D eigenvalue weighted by atomic mass is 10.1. The Bertz CT molecular complexity index is 324. The molecule has 0 aliphatic heterocycles. The van der Waals surface area contributed by atoms with E-state index in [4.69, 9.17) is 5.11 Å². The summed E-state index contributed by atoms with van der Waals surface area (Å²) in [6, 6.07) is 5.16. The third kappa shape index (κ3) is 3.37. The highest BCUT2D eigenvalue weighted by atomic mass is 19.3. The van der Waals surface area contributed by atoms with E-state index in [1.807, 2.05) is 0 Å². The van der Waals surface area contributed by atoms with Crippen LogP contribution in [0.4, 0.5) is 17.6 Å². The predicted molar refractivity (Wildman–Crippen MR) is 48.8 cm³/mol. The zero-order valence-electron chi connectivity index (χ0n) is 8.17. The highest BCUT2D eigenvalue weighted by Crippen LogP contribution is 2.27. The van der Waals surface area contributed by atoms with Crippen molar-refractivity contribution in [1.82, 2.24) is 0 Å². The van der Waals surface area contributed by atoms with Crippen LogP contribution in [0.2, 0.25) is 0 Å². The summed E-state index contributed by atoms with van der Waals surface area (Å²) < 4.78 is 52.4. The minimum absolute atomic E-state index is 0.0760. The van der Waals surface area contributed by atoms with E-state index in [0.717, 1.165) is 12.1 Å². The molecule has 0 bridgehead atoms. The molecule has 0 atom stereocenters. The normalized spacial score (nSPS) is 11.9. The smallest absolute Gasteiger partial charge is 0.428 e. The van der Waals surface area contributed by atoms with E-state index in [0.29, 0.717) is 12.0 Å². The topological polar surface area (TPSA) is 29.5 Å². The molecule has 0 fully saturated rings. The standard InChI is InChI=1S/C10H10F4O2/c11-9(12)10(13,14)16-8-3-1-7(2-4-8)5-6-15/h1-4,9,15H,5-6H2. The molecule has 0 aliphatic carbocycles. The number of alkyl halides is 4. The van der Waals surface area contributed by atoms with Gasteiger partial charge in [-0.1, -0.05) is 12.1 Å². The average Bonchev–Trinajstić information content (AvgIpc) is 2.21. The molecule has 0 amide bonds. The van der Waals surface area contributed by atoms with E-state index >= 15 is 0 Å². The third-order valence-electron chi connectivity index (χ3n) is 1.83. The van der Waals surface area contributed by atoms with Crippen molar-refractivity contribution in [3.63, 3.8) is 0 Å². The molecule has 1 aromatic rings.